The number of aryl methyl sites for hydroxylation is 1. The van der Waals surface area contributed by atoms with Crippen LogP contribution < -0.4 is 10.6 Å². The monoisotopic (exact) mass is 447 g/mol. The van der Waals surface area contributed by atoms with Crippen molar-refractivity contribution in [3.8, 4) is 0 Å². The standard InChI is InChI=1S/C21H25N3O4S2/c1-14-7-10-19(29-14)30(27,28)24-11-3-6-18(24)21(26)22-13-15-4-2-5-17(12-15)23-20(25)16-8-9-16/h2,4-5,7,10,12,16,18H,3,6,8-9,11,13H2,1H3,(H,22,26)(H,23,25)/t18-/m0/s1. The van der Waals surface area contributed by atoms with Gasteiger partial charge in [-0.15, -0.1) is 11.3 Å². The highest BCUT2D eigenvalue weighted by Gasteiger charge is 2.39. The number of carbonyl (C=O) groups is 2. The summed E-state index contributed by atoms with van der Waals surface area (Å²) in [5.41, 5.74) is 1.55. The van der Waals surface area contributed by atoms with Gasteiger partial charge in [-0.1, -0.05) is 12.1 Å². The van der Waals surface area contributed by atoms with Crippen molar-refractivity contribution in [1.29, 1.82) is 0 Å². The van der Waals surface area contributed by atoms with Crippen molar-refractivity contribution in [1.82, 2.24) is 9.62 Å². The van der Waals surface area contributed by atoms with Gasteiger partial charge >= 0.3 is 0 Å². The van der Waals surface area contributed by atoms with E-state index in [0.717, 1.165) is 23.3 Å². The molecule has 0 spiro atoms. The minimum absolute atomic E-state index is 0.0341. The van der Waals surface area contributed by atoms with Gasteiger partial charge in [0.1, 0.15) is 10.3 Å². The minimum atomic E-state index is -3.67. The van der Waals surface area contributed by atoms with Gasteiger partial charge in [-0.05, 0) is 62.4 Å². The fourth-order valence-corrected chi connectivity index (χ4v) is 6.68. The van der Waals surface area contributed by atoms with Crippen molar-refractivity contribution < 1.29 is 18.0 Å². The summed E-state index contributed by atoms with van der Waals surface area (Å²) in [6.45, 7) is 2.48. The lowest BCUT2D eigenvalue weighted by Gasteiger charge is -2.22. The van der Waals surface area contributed by atoms with E-state index < -0.39 is 16.1 Å². The van der Waals surface area contributed by atoms with Gasteiger partial charge < -0.3 is 10.6 Å². The number of nitrogens with zero attached hydrogens (tertiary/aromatic N) is 1. The predicted octanol–water partition coefficient (Wildman–Crippen LogP) is 2.87. The minimum Gasteiger partial charge on any atom is -0.351 e. The summed E-state index contributed by atoms with van der Waals surface area (Å²) < 4.78 is 27.5. The third-order valence-electron chi connectivity index (χ3n) is 5.39. The third-order valence-corrected chi connectivity index (χ3v) is 8.77. The van der Waals surface area contributed by atoms with Gasteiger partial charge in [-0.25, -0.2) is 8.42 Å². The van der Waals surface area contributed by atoms with E-state index >= 15 is 0 Å². The molecule has 1 aromatic carbocycles. The molecule has 30 heavy (non-hydrogen) atoms. The highest BCUT2D eigenvalue weighted by atomic mass is 32.2. The first-order chi connectivity index (χ1) is 14.3. The van der Waals surface area contributed by atoms with E-state index in [1.807, 2.05) is 31.2 Å². The number of carbonyl (C=O) groups excluding carboxylic acids is 2. The summed E-state index contributed by atoms with van der Waals surface area (Å²) >= 11 is 1.22. The molecule has 2 aromatic rings. The van der Waals surface area contributed by atoms with Gasteiger partial charge in [0, 0.05) is 29.6 Å². The van der Waals surface area contributed by atoms with E-state index in [1.165, 1.54) is 15.6 Å². The maximum Gasteiger partial charge on any atom is 0.253 e. The van der Waals surface area contributed by atoms with Crippen LogP contribution in [0.4, 0.5) is 5.69 Å². The van der Waals surface area contributed by atoms with E-state index in [9.17, 15) is 18.0 Å². The Hall–Kier alpha value is -2.23. The molecule has 1 aliphatic carbocycles. The van der Waals surface area contributed by atoms with Gasteiger partial charge in [-0.2, -0.15) is 4.31 Å². The lowest BCUT2D eigenvalue weighted by Crippen LogP contribution is -2.45. The second-order valence-electron chi connectivity index (χ2n) is 7.82. The Kier molecular flexibility index (Phi) is 5.95. The van der Waals surface area contributed by atoms with Crippen molar-refractivity contribution in [3.63, 3.8) is 0 Å². The fraction of sp³-hybridized carbons (Fsp3) is 0.429. The quantitative estimate of drug-likeness (QED) is 0.682. The van der Waals surface area contributed by atoms with E-state index in [2.05, 4.69) is 10.6 Å². The first-order valence-corrected chi connectivity index (χ1v) is 12.4. The van der Waals surface area contributed by atoms with Gasteiger partial charge in [-0.3, -0.25) is 9.59 Å². The topological polar surface area (TPSA) is 95.6 Å². The molecule has 2 N–H and O–H groups in total. The number of benzene rings is 1. The molecule has 4 rings (SSSR count). The molecule has 1 aromatic heterocycles. The fourth-order valence-electron chi connectivity index (χ4n) is 3.61. The second-order valence-corrected chi connectivity index (χ2v) is 11.2. The van der Waals surface area contributed by atoms with E-state index in [1.54, 1.807) is 12.1 Å². The van der Waals surface area contributed by atoms with Crippen LogP contribution in [0.3, 0.4) is 0 Å². The van der Waals surface area contributed by atoms with Crippen LogP contribution >= 0.6 is 11.3 Å². The van der Waals surface area contributed by atoms with Crippen molar-refractivity contribution in [2.75, 3.05) is 11.9 Å². The molecular formula is C21H25N3O4S2. The van der Waals surface area contributed by atoms with Gasteiger partial charge in [0.05, 0.1) is 0 Å². The number of hydrogen-bond acceptors (Lipinski definition) is 5. The summed E-state index contributed by atoms with van der Waals surface area (Å²) in [6, 6.07) is 10.0. The van der Waals surface area contributed by atoms with E-state index in [-0.39, 0.29) is 28.5 Å². The van der Waals surface area contributed by atoms with Crippen molar-refractivity contribution in [3.05, 3.63) is 46.8 Å². The molecule has 0 bridgehead atoms. The summed E-state index contributed by atoms with van der Waals surface area (Å²) in [6.07, 6.45) is 3.04. The van der Waals surface area contributed by atoms with Crippen LogP contribution in [0.5, 0.6) is 0 Å². The number of sulfonamides is 1. The van der Waals surface area contributed by atoms with Crippen LogP contribution in [0.15, 0.2) is 40.6 Å². The maximum atomic E-state index is 13.0. The number of anilines is 1. The summed E-state index contributed by atoms with van der Waals surface area (Å²) in [5, 5.41) is 5.76. The van der Waals surface area contributed by atoms with Crippen molar-refractivity contribution in [2.45, 2.75) is 49.4 Å². The zero-order valence-electron chi connectivity index (χ0n) is 16.8. The molecule has 1 atom stereocenters. The molecular weight excluding hydrogens is 422 g/mol. The molecule has 1 saturated heterocycles. The largest absolute Gasteiger partial charge is 0.351 e. The Balaban J connectivity index is 1.39. The number of amides is 2. The number of rotatable bonds is 7. The highest BCUT2D eigenvalue weighted by molar-refractivity contribution is 7.91. The molecule has 2 amide bonds. The maximum absolute atomic E-state index is 13.0. The molecule has 7 nitrogen and oxygen atoms in total. The molecule has 2 aliphatic rings. The van der Waals surface area contributed by atoms with Crippen LogP contribution in [0, 0.1) is 12.8 Å². The number of thiophene rings is 1. The molecule has 160 valence electrons. The van der Waals surface area contributed by atoms with Crippen molar-refractivity contribution >= 4 is 38.9 Å². The van der Waals surface area contributed by atoms with Crippen molar-refractivity contribution in [2.24, 2.45) is 5.92 Å². The molecule has 9 heteroatoms. The Bertz CT molecular complexity index is 1060. The third kappa shape index (κ3) is 4.58. The molecule has 0 radical (unpaired) electrons. The van der Waals surface area contributed by atoms with Gasteiger partial charge in [0.2, 0.25) is 11.8 Å². The zero-order chi connectivity index (χ0) is 21.3. The SMILES string of the molecule is Cc1ccc(S(=O)(=O)N2CCC[C@H]2C(=O)NCc2cccc(NC(=O)C3CC3)c2)s1. The van der Waals surface area contributed by atoms with E-state index in [0.29, 0.717) is 25.1 Å². The first-order valence-electron chi connectivity index (χ1n) is 10.1. The Morgan fingerprint density at radius 3 is 2.63 bits per heavy atom. The Morgan fingerprint density at radius 1 is 1.13 bits per heavy atom. The summed E-state index contributed by atoms with van der Waals surface area (Å²) in [7, 11) is -3.67. The number of hydrogen-bond donors (Lipinski definition) is 2. The molecule has 1 aliphatic heterocycles. The predicted molar refractivity (Wildman–Crippen MR) is 116 cm³/mol. The van der Waals surface area contributed by atoms with Crippen LogP contribution in [-0.2, 0) is 26.2 Å². The summed E-state index contributed by atoms with van der Waals surface area (Å²) in [4.78, 5) is 25.6. The summed E-state index contributed by atoms with van der Waals surface area (Å²) in [5.74, 6) is -0.139. The van der Waals surface area contributed by atoms with Crippen LogP contribution in [-0.4, -0.2) is 37.1 Å². The average Bonchev–Trinajstić information content (AvgIpc) is 3.27. The van der Waals surface area contributed by atoms with Crippen LogP contribution in [0.25, 0.3) is 0 Å². The number of nitrogens with one attached hydrogen (secondary N) is 2. The molecule has 2 heterocycles. The first kappa shape index (κ1) is 21.0. The lowest BCUT2D eigenvalue weighted by molar-refractivity contribution is -0.124. The van der Waals surface area contributed by atoms with E-state index in [4.69, 9.17) is 0 Å². The van der Waals surface area contributed by atoms with Crippen LogP contribution in [0.2, 0.25) is 0 Å². The zero-order valence-corrected chi connectivity index (χ0v) is 18.4. The molecule has 0 unspecified atom stereocenters. The molecule has 1 saturated carbocycles. The smallest absolute Gasteiger partial charge is 0.253 e. The average molecular weight is 448 g/mol. The molecule has 2 fully saturated rings. The Morgan fingerprint density at radius 2 is 1.93 bits per heavy atom. The lowest BCUT2D eigenvalue weighted by atomic mass is 10.1. The normalized spacial score (nSPS) is 19.6. The highest BCUT2D eigenvalue weighted by Crippen LogP contribution is 2.31. The van der Waals surface area contributed by atoms with Gasteiger partial charge in [0.25, 0.3) is 10.0 Å². The van der Waals surface area contributed by atoms with Crippen LogP contribution in [0.1, 0.15) is 36.1 Å². The van der Waals surface area contributed by atoms with Gasteiger partial charge in [0.15, 0.2) is 0 Å². The second kappa shape index (κ2) is 8.49. The Labute approximate surface area is 180 Å².